The molecule has 0 fully saturated rings. The summed E-state index contributed by atoms with van der Waals surface area (Å²) in [4.78, 5) is 2.40. The highest BCUT2D eigenvalue weighted by Gasteiger charge is 2.21. The van der Waals surface area contributed by atoms with E-state index in [4.69, 9.17) is 8.83 Å². The first kappa shape index (κ1) is 33.3. The van der Waals surface area contributed by atoms with Crippen molar-refractivity contribution in [1.29, 1.82) is 0 Å². The fourth-order valence-electron chi connectivity index (χ4n) is 9.08. The maximum Gasteiger partial charge on any atom is 0.143 e. The number of furan rings is 2. The molecule has 12 rings (SSSR count). The Balaban J connectivity index is 1.01. The van der Waals surface area contributed by atoms with Gasteiger partial charge in [-0.15, -0.1) is 0 Å². The van der Waals surface area contributed by atoms with E-state index in [0.717, 1.165) is 99.7 Å². The molecule has 2 aromatic heterocycles. The largest absolute Gasteiger partial charge is 0.455 e. The molecule has 0 spiro atoms. The van der Waals surface area contributed by atoms with Gasteiger partial charge in [0.05, 0.1) is 11.4 Å². The Labute approximate surface area is 340 Å². The Morgan fingerprint density at radius 2 is 0.831 bits per heavy atom. The third-order valence-corrected chi connectivity index (χ3v) is 11.9. The van der Waals surface area contributed by atoms with E-state index in [0.29, 0.717) is 0 Å². The van der Waals surface area contributed by atoms with Crippen LogP contribution in [0.4, 0.5) is 17.1 Å². The number of hydrogen-bond acceptors (Lipinski definition) is 3. The number of benzene rings is 10. The molecule has 0 aliphatic rings. The zero-order valence-electron chi connectivity index (χ0n) is 32.0. The molecule has 0 atom stereocenters. The lowest BCUT2D eigenvalue weighted by Crippen LogP contribution is -2.11. The molecule has 0 saturated carbocycles. The molecule has 0 saturated heterocycles. The minimum absolute atomic E-state index is 0.884. The number of fused-ring (bicyclic) bond motifs is 9. The highest BCUT2D eigenvalue weighted by molar-refractivity contribution is 6.16. The van der Waals surface area contributed by atoms with Crippen molar-refractivity contribution in [2.24, 2.45) is 0 Å². The van der Waals surface area contributed by atoms with E-state index in [2.05, 4.69) is 211 Å². The first-order valence-corrected chi connectivity index (χ1v) is 20.1. The number of hydrogen-bond donors (Lipinski definition) is 0. The van der Waals surface area contributed by atoms with Gasteiger partial charge in [0.2, 0.25) is 0 Å². The van der Waals surface area contributed by atoms with Gasteiger partial charge in [0.25, 0.3) is 0 Å². The molecule has 0 bridgehead atoms. The molecule has 276 valence electrons. The number of para-hydroxylation sites is 3. The first-order valence-electron chi connectivity index (χ1n) is 20.1. The maximum atomic E-state index is 6.81. The summed E-state index contributed by atoms with van der Waals surface area (Å²) < 4.78 is 13.3. The van der Waals surface area contributed by atoms with Crippen molar-refractivity contribution >= 4 is 82.5 Å². The van der Waals surface area contributed by atoms with Crippen LogP contribution in [0, 0.1) is 0 Å². The van der Waals surface area contributed by atoms with Gasteiger partial charge in [0.1, 0.15) is 22.3 Å². The fraction of sp³-hybridized carbons (Fsp3) is 0. The molecule has 3 heteroatoms. The van der Waals surface area contributed by atoms with Crippen LogP contribution in [0.5, 0.6) is 0 Å². The van der Waals surface area contributed by atoms with Gasteiger partial charge in [-0.25, -0.2) is 0 Å². The molecule has 2 heterocycles. The molecule has 10 aromatic carbocycles. The summed E-state index contributed by atoms with van der Waals surface area (Å²) in [5.41, 5.74) is 13.5. The number of anilines is 3. The van der Waals surface area contributed by atoms with E-state index in [1.54, 1.807) is 0 Å². The lowest BCUT2D eigenvalue weighted by molar-refractivity contribution is 0.671. The minimum Gasteiger partial charge on any atom is -0.455 e. The predicted octanol–water partition coefficient (Wildman–Crippen LogP) is 16.3. The summed E-state index contributed by atoms with van der Waals surface area (Å²) in [6, 6.07) is 75.6. The fourth-order valence-corrected chi connectivity index (χ4v) is 9.08. The molecule has 59 heavy (non-hydrogen) atoms. The van der Waals surface area contributed by atoms with Crippen LogP contribution in [0.2, 0.25) is 0 Å². The molecule has 0 N–H and O–H groups in total. The van der Waals surface area contributed by atoms with E-state index in [9.17, 15) is 0 Å². The van der Waals surface area contributed by atoms with Crippen LogP contribution in [-0.2, 0) is 0 Å². The summed E-state index contributed by atoms with van der Waals surface area (Å²) in [5.74, 6) is 0. The Morgan fingerprint density at radius 3 is 1.61 bits per heavy atom. The second kappa shape index (κ2) is 13.4. The van der Waals surface area contributed by atoms with Gasteiger partial charge in [-0.3, -0.25) is 0 Å². The quantitative estimate of drug-likeness (QED) is 0.169. The van der Waals surface area contributed by atoms with Gasteiger partial charge in [0.15, 0.2) is 0 Å². The Hall–Kier alpha value is -7.88. The predicted molar refractivity (Wildman–Crippen MR) is 247 cm³/mol. The average molecular weight is 754 g/mol. The van der Waals surface area contributed by atoms with Gasteiger partial charge in [-0.05, 0) is 69.9 Å². The zero-order chi connectivity index (χ0) is 38.9. The Bertz CT molecular complexity index is 3550. The monoisotopic (exact) mass is 753 g/mol. The van der Waals surface area contributed by atoms with E-state index in [1.807, 2.05) is 6.07 Å². The van der Waals surface area contributed by atoms with Crippen LogP contribution in [0.15, 0.2) is 221 Å². The van der Waals surface area contributed by atoms with Crippen molar-refractivity contribution in [3.63, 3.8) is 0 Å². The second-order valence-electron chi connectivity index (χ2n) is 15.2. The zero-order valence-corrected chi connectivity index (χ0v) is 32.0. The maximum absolute atomic E-state index is 6.81. The van der Waals surface area contributed by atoms with Crippen molar-refractivity contribution in [3.05, 3.63) is 212 Å². The topological polar surface area (TPSA) is 29.5 Å². The molecule has 3 nitrogen and oxygen atoms in total. The van der Waals surface area contributed by atoms with Crippen LogP contribution in [0.3, 0.4) is 0 Å². The molecule has 0 unspecified atom stereocenters. The van der Waals surface area contributed by atoms with Crippen LogP contribution in [0.25, 0.3) is 98.8 Å². The molecule has 0 amide bonds. The highest BCUT2D eigenvalue weighted by Crippen LogP contribution is 2.46. The smallest absolute Gasteiger partial charge is 0.143 e. The van der Waals surface area contributed by atoms with Crippen molar-refractivity contribution < 1.29 is 8.83 Å². The normalized spacial score (nSPS) is 11.7. The summed E-state index contributed by atoms with van der Waals surface area (Å²) in [7, 11) is 0. The summed E-state index contributed by atoms with van der Waals surface area (Å²) in [6.45, 7) is 0. The summed E-state index contributed by atoms with van der Waals surface area (Å²) in [5, 5.41) is 9.13. The van der Waals surface area contributed by atoms with Gasteiger partial charge in [-0.2, -0.15) is 0 Å². The standard InChI is InChI=1S/C56H35NO2/c1-2-13-37(14-3-1)45-21-11-23-47-48-24-12-22-46(56(48)59-55(45)47)39-27-31-41(32-28-39)57(52-26-10-17-36-15-4-6-18-42(36)52)51-25-9-8-19-43(51)40-30-34-53-50(35-40)49-33-29-38-16-5-7-20-44(38)54(49)58-53/h1-35H. The van der Waals surface area contributed by atoms with Crippen molar-refractivity contribution in [2.75, 3.05) is 4.90 Å². The Kier molecular flexibility index (Phi) is 7.54. The van der Waals surface area contributed by atoms with Gasteiger partial charge >= 0.3 is 0 Å². The van der Waals surface area contributed by atoms with E-state index in [-0.39, 0.29) is 0 Å². The van der Waals surface area contributed by atoms with Gasteiger partial charge in [0, 0.05) is 54.7 Å². The van der Waals surface area contributed by atoms with Gasteiger partial charge < -0.3 is 13.7 Å². The van der Waals surface area contributed by atoms with Crippen molar-refractivity contribution in [1.82, 2.24) is 0 Å². The van der Waals surface area contributed by atoms with Crippen molar-refractivity contribution in [3.8, 4) is 33.4 Å². The van der Waals surface area contributed by atoms with Crippen molar-refractivity contribution in [2.45, 2.75) is 0 Å². The molecule has 0 aliphatic heterocycles. The van der Waals surface area contributed by atoms with Crippen LogP contribution >= 0.6 is 0 Å². The molecule has 0 radical (unpaired) electrons. The van der Waals surface area contributed by atoms with E-state index in [1.165, 1.54) is 16.2 Å². The molecule has 0 aliphatic carbocycles. The molecular formula is C56H35NO2. The third-order valence-electron chi connectivity index (χ3n) is 11.9. The summed E-state index contributed by atoms with van der Waals surface area (Å²) in [6.07, 6.45) is 0. The number of nitrogens with zero attached hydrogens (tertiary/aromatic N) is 1. The van der Waals surface area contributed by atoms with Crippen LogP contribution < -0.4 is 4.90 Å². The lowest BCUT2D eigenvalue weighted by Gasteiger charge is -2.29. The van der Waals surface area contributed by atoms with E-state index >= 15 is 0 Å². The molecular weight excluding hydrogens is 719 g/mol. The average Bonchev–Trinajstić information content (AvgIpc) is 3.89. The van der Waals surface area contributed by atoms with E-state index < -0.39 is 0 Å². The highest BCUT2D eigenvalue weighted by atomic mass is 16.3. The SMILES string of the molecule is c1ccc(-c2cccc3c2oc2c(-c4ccc(N(c5ccccc5-c5ccc6oc7c8ccccc8ccc7c6c5)c5cccc6ccccc56)cc4)cccc23)cc1. The first-order chi connectivity index (χ1) is 29.3. The van der Waals surface area contributed by atoms with Gasteiger partial charge in [-0.1, -0.05) is 170 Å². The number of rotatable bonds is 6. The second-order valence-corrected chi connectivity index (χ2v) is 15.2. The molecule has 12 aromatic rings. The third kappa shape index (κ3) is 5.36. The lowest BCUT2D eigenvalue weighted by atomic mass is 9.98. The Morgan fingerprint density at radius 1 is 0.288 bits per heavy atom. The summed E-state index contributed by atoms with van der Waals surface area (Å²) >= 11 is 0. The minimum atomic E-state index is 0.884. The van der Waals surface area contributed by atoms with Crippen LogP contribution in [-0.4, -0.2) is 0 Å². The van der Waals surface area contributed by atoms with Crippen LogP contribution in [0.1, 0.15) is 0 Å².